The van der Waals surface area contributed by atoms with E-state index in [0.29, 0.717) is 23.3 Å². The highest BCUT2D eigenvalue weighted by atomic mass is 35.5. The topological polar surface area (TPSA) is 46.2 Å². The van der Waals surface area contributed by atoms with Crippen LogP contribution in [0, 0.1) is 17.3 Å². The van der Waals surface area contributed by atoms with E-state index in [2.05, 4.69) is 5.32 Å². The maximum Gasteiger partial charge on any atom is 0.234 e. The van der Waals surface area contributed by atoms with Gasteiger partial charge >= 0.3 is 0 Å². The largest absolute Gasteiger partial charge is 0.296 e. The number of piperidine rings is 1. The van der Waals surface area contributed by atoms with Crippen molar-refractivity contribution in [3.63, 3.8) is 0 Å². The van der Waals surface area contributed by atoms with Gasteiger partial charge in [0.25, 0.3) is 0 Å². The molecule has 1 aromatic rings. The second kappa shape index (κ2) is 4.57. The van der Waals surface area contributed by atoms with Crippen molar-refractivity contribution in [3.8, 4) is 0 Å². The standard InChI is InChI=1S/C17H18ClNO2/c18-13-5-2-11(3-6-13)15-16(21)19-14(20)9-17(15)8-10-1-4-12(17)7-10/h2-3,5-6,10,12,15H,1,4,7-9H2,(H,19,20,21). The number of nitrogens with one attached hydrogen (secondary N) is 1. The molecule has 3 aliphatic rings. The minimum Gasteiger partial charge on any atom is -0.296 e. The molecule has 1 saturated heterocycles. The number of halogens is 1. The third-order valence-corrected chi connectivity index (χ3v) is 6.07. The first-order valence-corrected chi connectivity index (χ1v) is 8.05. The van der Waals surface area contributed by atoms with Gasteiger partial charge in [-0.15, -0.1) is 0 Å². The highest BCUT2D eigenvalue weighted by Gasteiger charge is 2.59. The van der Waals surface area contributed by atoms with Crippen LogP contribution in [0.3, 0.4) is 0 Å². The number of imide groups is 1. The van der Waals surface area contributed by atoms with Gasteiger partial charge in [-0.3, -0.25) is 14.9 Å². The molecule has 21 heavy (non-hydrogen) atoms. The molecule has 2 aliphatic carbocycles. The van der Waals surface area contributed by atoms with Crippen molar-refractivity contribution in [2.24, 2.45) is 17.3 Å². The predicted molar refractivity (Wildman–Crippen MR) is 79.8 cm³/mol. The van der Waals surface area contributed by atoms with Crippen molar-refractivity contribution < 1.29 is 9.59 Å². The molecular weight excluding hydrogens is 286 g/mol. The van der Waals surface area contributed by atoms with Crippen LogP contribution in [0.1, 0.15) is 43.6 Å². The zero-order valence-electron chi connectivity index (χ0n) is 11.8. The molecule has 0 aromatic heterocycles. The fourth-order valence-electron chi connectivity index (χ4n) is 5.11. The lowest BCUT2D eigenvalue weighted by Crippen LogP contribution is -2.52. The van der Waals surface area contributed by atoms with Crippen LogP contribution in [0.15, 0.2) is 24.3 Å². The van der Waals surface area contributed by atoms with Gasteiger partial charge in [-0.2, -0.15) is 0 Å². The zero-order chi connectivity index (χ0) is 14.6. The van der Waals surface area contributed by atoms with Crippen molar-refractivity contribution in [2.45, 2.75) is 38.0 Å². The van der Waals surface area contributed by atoms with Crippen LogP contribution >= 0.6 is 11.6 Å². The summed E-state index contributed by atoms with van der Waals surface area (Å²) in [5.74, 6) is 0.781. The van der Waals surface area contributed by atoms with Crippen LogP contribution < -0.4 is 5.32 Å². The molecule has 1 heterocycles. The molecule has 0 radical (unpaired) electrons. The van der Waals surface area contributed by atoms with Gasteiger partial charge in [-0.1, -0.05) is 30.2 Å². The number of amides is 2. The first-order chi connectivity index (χ1) is 10.1. The summed E-state index contributed by atoms with van der Waals surface area (Å²) in [5.41, 5.74) is 0.841. The van der Waals surface area contributed by atoms with E-state index < -0.39 is 0 Å². The van der Waals surface area contributed by atoms with E-state index in [0.717, 1.165) is 18.4 Å². The second-order valence-electron chi connectivity index (χ2n) is 6.89. The minimum absolute atomic E-state index is 0.0993. The fourth-order valence-corrected chi connectivity index (χ4v) is 5.24. The van der Waals surface area contributed by atoms with Crippen LogP contribution in [0.5, 0.6) is 0 Å². The summed E-state index contributed by atoms with van der Waals surface area (Å²) in [6, 6.07) is 7.55. The molecule has 4 unspecified atom stereocenters. The molecule has 2 amide bonds. The van der Waals surface area contributed by atoms with Crippen molar-refractivity contribution in [3.05, 3.63) is 34.9 Å². The summed E-state index contributed by atoms with van der Waals surface area (Å²) >= 11 is 5.97. The van der Waals surface area contributed by atoms with Gasteiger partial charge in [0.05, 0.1) is 5.92 Å². The van der Waals surface area contributed by atoms with Crippen molar-refractivity contribution in [2.75, 3.05) is 0 Å². The van der Waals surface area contributed by atoms with Gasteiger partial charge in [-0.25, -0.2) is 0 Å². The molecule has 4 rings (SSSR count). The summed E-state index contributed by atoms with van der Waals surface area (Å²) in [7, 11) is 0. The molecule has 110 valence electrons. The Hall–Kier alpha value is -1.35. The molecule has 4 heteroatoms. The van der Waals surface area contributed by atoms with Crippen LogP contribution in [0.2, 0.25) is 5.02 Å². The average Bonchev–Trinajstić information content (AvgIpc) is 3.00. The maximum absolute atomic E-state index is 12.6. The number of carbonyl (C=O) groups is 2. The highest BCUT2D eigenvalue weighted by Crippen LogP contribution is 2.64. The number of fused-ring (bicyclic) bond motifs is 3. The van der Waals surface area contributed by atoms with Crippen molar-refractivity contribution in [1.29, 1.82) is 0 Å². The molecule has 2 saturated carbocycles. The van der Waals surface area contributed by atoms with E-state index in [1.54, 1.807) is 0 Å². The number of hydrogen-bond donors (Lipinski definition) is 1. The maximum atomic E-state index is 12.6. The normalized spacial score (nSPS) is 38.0. The van der Waals surface area contributed by atoms with Crippen molar-refractivity contribution >= 4 is 23.4 Å². The van der Waals surface area contributed by atoms with Gasteiger partial charge in [-0.05, 0) is 54.2 Å². The Labute approximate surface area is 129 Å². The van der Waals surface area contributed by atoms with Gasteiger partial charge in [0.1, 0.15) is 0 Å². The zero-order valence-corrected chi connectivity index (χ0v) is 12.5. The Balaban J connectivity index is 1.79. The molecule has 1 aliphatic heterocycles. The fraction of sp³-hybridized carbons (Fsp3) is 0.529. The first-order valence-electron chi connectivity index (χ1n) is 7.68. The van der Waals surface area contributed by atoms with Crippen molar-refractivity contribution in [1.82, 2.24) is 5.32 Å². The molecule has 2 bridgehead atoms. The Bertz CT molecular complexity index is 612. The van der Waals surface area contributed by atoms with Gasteiger partial charge in [0, 0.05) is 11.4 Å². The average molecular weight is 304 g/mol. The Morgan fingerprint density at radius 2 is 1.90 bits per heavy atom. The quantitative estimate of drug-likeness (QED) is 0.809. The van der Waals surface area contributed by atoms with E-state index in [1.807, 2.05) is 24.3 Å². The smallest absolute Gasteiger partial charge is 0.234 e. The second-order valence-corrected chi connectivity index (χ2v) is 7.32. The Morgan fingerprint density at radius 3 is 2.52 bits per heavy atom. The summed E-state index contributed by atoms with van der Waals surface area (Å²) in [5, 5.41) is 3.22. The summed E-state index contributed by atoms with van der Waals surface area (Å²) in [6.45, 7) is 0. The van der Waals surface area contributed by atoms with Gasteiger partial charge in [0.2, 0.25) is 11.8 Å². The highest BCUT2D eigenvalue weighted by molar-refractivity contribution is 6.30. The molecular formula is C17H18ClNO2. The minimum atomic E-state index is -0.206. The lowest BCUT2D eigenvalue weighted by Gasteiger charge is -2.46. The Morgan fingerprint density at radius 1 is 1.14 bits per heavy atom. The van der Waals surface area contributed by atoms with E-state index in [-0.39, 0.29) is 23.1 Å². The Kier molecular flexibility index (Phi) is 2.90. The number of rotatable bonds is 1. The van der Waals surface area contributed by atoms with Crippen LogP contribution in [0.25, 0.3) is 0 Å². The summed E-state index contributed by atoms with van der Waals surface area (Å²) in [4.78, 5) is 24.6. The molecule has 3 nitrogen and oxygen atoms in total. The van der Waals surface area contributed by atoms with Crippen LogP contribution in [-0.2, 0) is 9.59 Å². The predicted octanol–water partition coefficient (Wildman–Crippen LogP) is 3.28. The van der Waals surface area contributed by atoms with Crippen LogP contribution in [-0.4, -0.2) is 11.8 Å². The monoisotopic (exact) mass is 303 g/mol. The summed E-state index contributed by atoms with van der Waals surface area (Å²) < 4.78 is 0. The van der Waals surface area contributed by atoms with E-state index in [1.165, 1.54) is 12.8 Å². The lowest BCUT2D eigenvalue weighted by atomic mass is 9.59. The van der Waals surface area contributed by atoms with Crippen LogP contribution in [0.4, 0.5) is 0 Å². The lowest BCUT2D eigenvalue weighted by molar-refractivity contribution is -0.142. The number of hydrogen-bond acceptors (Lipinski definition) is 2. The summed E-state index contributed by atoms with van der Waals surface area (Å²) in [6.07, 6.45) is 5.12. The first kappa shape index (κ1) is 13.3. The third kappa shape index (κ3) is 1.94. The van der Waals surface area contributed by atoms with E-state index in [9.17, 15) is 9.59 Å². The SMILES string of the molecule is O=C1CC2(CC3CCC2C3)C(c2ccc(Cl)cc2)C(=O)N1. The van der Waals surface area contributed by atoms with E-state index >= 15 is 0 Å². The molecule has 3 fully saturated rings. The third-order valence-electron chi connectivity index (χ3n) is 5.82. The molecule has 1 spiro atoms. The molecule has 1 N–H and O–H groups in total. The number of benzene rings is 1. The van der Waals surface area contributed by atoms with Gasteiger partial charge < -0.3 is 0 Å². The molecule has 4 atom stereocenters. The van der Waals surface area contributed by atoms with E-state index in [4.69, 9.17) is 11.6 Å². The molecule has 1 aromatic carbocycles. The van der Waals surface area contributed by atoms with Gasteiger partial charge in [0.15, 0.2) is 0 Å². The number of carbonyl (C=O) groups excluding carboxylic acids is 2.